The molecule has 0 aromatic carbocycles. The van der Waals surface area contributed by atoms with Gasteiger partial charge in [0.2, 0.25) is 5.91 Å². The zero-order chi connectivity index (χ0) is 21.2. The van der Waals surface area contributed by atoms with Crippen molar-refractivity contribution >= 4 is 46.7 Å². The van der Waals surface area contributed by atoms with Gasteiger partial charge in [0.25, 0.3) is 0 Å². The Hall–Kier alpha value is -1.16. The third-order valence-corrected chi connectivity index (χ3v) is 9.85. The van der Waals surface area contributed by atoms with Crippen LogP contribution in [0.2, 0.25) is 0 Å². The van der Waals surface area contributed by atoms with Gasteiger partial charge in [-0.05, 0) is 49.4 Å². The maximum atomic E-state index is 12.9. The minimum absolute atomic E-state index is 0.110. The van der Waals surface area contributed by atoms with Crippen molar-refractivity contribution in [3.05, 3.63) is 37.1 Å². The predicted molar refractivity (Wildman–Crippen MR) is 123 cm³/mol. The first kappa shape index (κ1) is 23.9. The number of carbonyl (C=O) groups is 2. The van der Waals surface area contributed by atoms with Crippen LogP contribution in [-0.4, -0.2) is 54.9 Å². The molecule has 1 aliphatic heterocycles. The minimum atomic E-state index is -1.60. The normalized spacial score (nSPS) is 22.2. The Balaban J connectivity index is 3.19. The van der Waals surface area contributed by atoms with Crippen LogP contribution in [0, 0.1) is 5.92 Å². The van der Waals surface area contributed by atoms with Crippen LogP contribution >= 0.6 is 29.0 Å². The summed E-state index contributed by atoms with van der Waals surface area (Å²) in [4.78, 5) is 29.0. The summed E-state index contributed by atoms with van der Waals surface area (Å²) in [5.74, 6) is -1.09. The highest BCUT2D eigenvalue weighted by atomic mass is 32.3. The molecule has 0 saturated carbocycles. The van der Waals surface area contributed by atoms with E-state index in [1.807, 2.05) is 33.3 Å². The van der Waals surface area contributed by atoms with Crippen molar-refractivity contribution in [2.75, 3.05) is 12.5 Å². The molecule has 0 radical (unpaired) electrons. The lowest BCUT2D eigenvalue weighted by Gasteiger charge is -2.60. The number of carboxylic acid groups (broad SMARTS) is 1. The molecule has 1 N–H and O–H groups in total. The molecule has 1 rings (SSSR count). The summed E-state index contributed by atoms with van der Waals surface area (Å²) < 4.78 is 3.07. The lowest BCUT2D eigenvalue weighted by Crippen LogP contribution is -2.66. The van der Waals surface area contributed by atoms with Crippen LogP contribution in [0.1, 0.15) is 27.2 Å². The second-order valence-corrected chi connectivity index (χ2v) is 13.5. The second kappa shape index (κ2) is 8.89. The molecule has 0 aromatic rings. The minimum Gasteiger partial charge on any atom is -0.480 e. The molecule has 152 valence electrons. The number of amides is 1. The Morgan fingerprint density at radius 2 is 1.93 bits per heavy atom. The molecular weight excluding hydrogens is 400 g/mol. The van der Waals surface area contributed by atoms with Gasteiger partial charge in [0, 0.05) is 10.9 Å². The van der Waals surface area contributed by atoms with Crippen molar-refractivity contribution < 1.29 is 14.7 Å². The maximum Gasteiger partial charge on any atom is 0.328 e. The number of nitrogens with zero attached hydrogens (tertiary/aromatic N) is 3. The van der Waals surface area contributed by atoms with Crippen LogP contribution in [0.25, 0.3) is 0 Å². The largest absolute Gasteiger partial charge is 0.480 e. The molecule has 1 fully saturated rings. The average Bonchev–Trinajstić information content (AvgIpc) is 2.52. The van der Waals surface area contributed by atoms with Crippen molar-refractivity contribution in [3.63, 3.8) is 0 Å². The van der Waals surface area contributed by atoms with Crippen molar-refractivity contribution in [1.29, 1.82) is 0 Å². The number of allylic oxidation sites excluding steroid dienone is 2. The summed E-state index contributed by atoms with van der Waals surface area (Å²) >= 11 is 0. The molecule has 9 heteroatoms. The Morgan fingerprint density at radius 3 is 2.30 bits per heavy atom. The zero-order valence-electron chi connectivity index (χ0n) is 16.7. The SMILES string of the molecule is C=C/N=C(\C=C(/C=C)C[C@H]1C(=O)N(S(C)(C)C(C)(C)C)[C@@H]1C(=O)O)N(P)P. The molecule has 0 spiro atoms. The van der Waals surface area contributed by atoms with E-state index in [0.29, 0.717) is 12.3 Å². The molecule has 4 atom stereocenters. The van der Waals surface area contributed by atoms with Crippen molar-refractivity contribution in [2.24, 2.45) is 10.9 Å². The number of aliphatic imine (C=N–C) groups is 1. The lowest BCUT2D eigenvalue weighted by atomic mass is 9.84. The van der Waals surface area contributed by atoms with Gasteiger partial charge in [-0.3, -0.25) is 9.10 Å². The van der Waals surface area contributed by atoms with Gasteiger partial charge in [-0.1, -0.05) is 40.0 Å². The molecule has 0 bridgehead atoms. The summed E-state index contributed by atoms with van der Waals surface area (Å²) in [6.07, 6.45) is 9.11. The maximum absolute atomic E-state index is 12.9. The molecule has 2 unspecified atom stereocenters. The van der Waals surface area contributed by atoms with Crippen LogP contribution in [0.4, 0.5) is 0 Å². The third-order valence-electron chi connectivity index (χ3n) is 4.93. The van der Waals surface area contributed by atoms with E-state index >= 15 is 0 Å². The van der Waals surface area contributed by atoms with Gasteiger partial charge in [0.05, 0.1) is 5.92 Å². The van der Waals surface area contributed by atoms with E-state index in [1.165, 1.54) is 6.20 Å². The van der Waals surface area contributed by atoms with Crippen LogP contribution in [0.5, 0.6) is 0 Å². The van der Waals surface area contributed by atoms with Crippen molar-refractivity contribution in [2.45, 2.75) is 38.0 Å². The number of hydrogen-bond donors (Lipinski definition) is 1. The van der Waals surface area contributed by atoms with E-state index < -0.39 is 28.1 Å². The molecule has 27 heavy (non-hydrogen) atoms. The number of amidine groups is 1. The van der Waals surface area contributed by atoms with E-state index in [-0.39, 0.29) is 10.7 Å². The second-order valence-electron chi connectivity index (χ2n) is 7.64. The number of β-lactam (4-membered cyclic amide) rings is 1. The van der Waals surface area contributed by atoms with Crippen molar-refractivity contribution in [1.82, 2.24) is 8.75 Å². The van der Waals surface area contributed by atoms with Gasteiger partial charge in [-0.2, -0.15) is 10.2 Å². The third kappa shape index (κ3) is 5.01. The van der Waals surface area contributed by atoms with Gasteiger partial charge in [0.1, 0.15) is 5.84 Å². The summed E-state index contributed by atoms with van der Waals surface area (Å²) in [7, 11) is 3.33. The van der Waals surface area contributed by atoms with Gasteiger partial charge in [-0.25, -0.2) is 9.79 Å². The predicted octanol–water partition coefficient (Wildman–Crippen LogP) is 3.60. The first-order valence-electron chi connectivity index (χ1n) is 8.39. The van der Waals surface area contributed by atoms with E-state index in [2.05, 4.69) is 36.9 Å². The fourth-order valence-electron chi connectivity index (χ4n) is 2.69. The molecule has 0 aliphatic carbocycles. The van der Waals surface area contributed by atoms with Crippen LogP contribution in [0.3, 0.4) is 0 Å². The number of carbonyl (C=O) groups excluding carboxylic acids is 1. The van der Waals surface area contributed by atoms with Gasteiger partial charge < -0.3 is 9.55 Å². The molecule has 1 aliphatic rings. The van der Waals surface area contributed by atoms with Crippen LogP contribution < -0.4 is 0 Å². The fraction of sp³-hybridized carbons (Fsp3) is 0.500. The highest BCUT2D eigenvalue weighted by Gasteiger charge is 2.57. The molecule has 1 saturated heterocycles. The van der Waals surface area contributed by atoms with E-state index in [4.69, 9.17) is 0 Å². The standard InChI is InChI=1S/C18H31N3O3P2S/c1-8-12(11-14(19-9-2)21(25)26)10-13-15(17(23)24)20(16(13)22)27(6,7)18(3,4)5/h8-9,11,13,15H,1-2,10,25-26H2,3-7H3,(H,23,24)/b12-11+,19-14+/t13-,15+/m1/s1. The quantitative estimate of drug-likeness (QED) is 0.220. The molecule has 0 aromatic heterocycles. The number of aliphatic carboxylic acids is 1. The summed E-state index contributed by atoms with van der Waals surface area (Å²) in [6.45, 7) is 13.5. The Labute approximate surface area is 168 Å². The van der Waals surface area contributed by atoms with E-state index in [9.17, 15) is 14.7 Å². The number of hydrogen-bond acceptors (Lipinski definition) is 3. The summed E-state index contributed by atoms with van der Waals surface area (Å²) in [5, 5.41) is 9.78. The first-order chi connectivity index (χ1) is 12.3. The molecule has 1 heterocycles. The topological polar surface area (TPSA) is 73.2 Å². The highest BCUT2D eigenvalue weighted by Crippen LogP contribution is 2.61. The molecular formula is C18H31N3O3P2S. The average molecular weight is 431 g/mol. The Morgan fingerprint density at radius 1 is 1.37 bits per heavy atom. The highest BCUT2D eigenvalue weighted by molar-refractivity contribution is 8.32. The zero-order valence-corrected chi connectivity index (χ0v) is 19.8. The summed E-state index contributed by atoms with van der Waals surface area (Å²) in [5.41, 5.74) is 0.748. The lowest BCUT2D eigenvalue weighted by molar-refractivity contribution is -0.162. The van der Waals surface area contributed by atoms with Crippen LogP contribution in [-0.2, 0) is 9.59 Å². The summed E-state index contributed by atoms with van der Waals surface area (Å²) in [6, 6.07) is -0.826. The number of rotatable bonds is 7. The Kier molecular flexibility index (Phi) is 7.87. The van der Waals surface area contributed by atoms with Gasteiger partial charge >= 0.3 is 5.97 Å². The first-order valence-corrected chi connectivity index (χ1v) is 11.8. The monoisotopic (exact) mass is 431 g/mol. The van der Waals surface area contributed by atoms with Crippen LogP contribution in [0.15, 0.2) is 42.1 Å². The molecule has 1 amide bonds. The molecule has 6 nitrogen and oxygen atoms in total. The fourth-order valence-corrected chi connectivity index (χ4v) is 4.95. The Bertz CT molecular complexity index is 696. The van der Waals surface area contributed by atoms with E-state index in [0.717, 1.165) is 5.57 Å². The van der Waals surface area contributed by atoms with E-state index in [1.54, 1.807) is 20.9 Å². The smallest absolute Gasteiger partial charge is 0.328 e. The van der Waals surface area contributed by atoms with Crippen molar-refractivity contribution in [3.8, 4) is 0 Å². The van der Waals surface area contributed by atoms with Gasteiger partial charge in [0.15, 0.2) is 6.04 Å². The number of carboxylic acids is 1. The van der Waals surface area contributed by atoms with Gasteiger partial charge in [-0.15, -0.1) is 0 Å².